The molecule has 1 atom stereocenters. The van der Waals surface area contributed by atoms with Gasteiger partial charge in [-0.05, 0) is 55.5 Å². The van der Waals surface area contributed by atoms with Gasteiger partial charge in [-0.3, -0.25) is 14.4 Å². The summed E-state index contributed by atoms with van der Waals surface area (Å²) in [6.45, 7) is 1.30. The second-order valence-corrected chi connectivity index (χ2v) is 5.77. The van der Waals surface area contributed by atoms with Gasteiger partial charge in [0.2, 0.25) is 0 Å². The Morgan fingerprint density at radius 1 is 0.880 bits per heavy atom. The molecule has 0 saturated heterocycles. The number of benzene rings is 2. The first kappa shape index (κ1) is 18.4. The molecule has 4 nitrogen and oxygen atoms in total. The molecule has 2 aromatic carbocycles. The van der Waals surface area contributed by atoms with Gasteiger partial charge >= 0.3 is 5.97 Å². The van der Waals surface area contributed by atoms with Crippen molar-refractivity contribution in [3.63, 3.8) is 0 Å². The summed E-state index contributed by atoms with van der Waals surface area (Å²) >= 11 is 0. The number of carbonyl (C=O) groups excluding carboxylic acids is 3. The number of Topliss-reactive ketones (excluding diaryl/α,β-unsaturated/α-hetero) is 2. The van der Waals surface area contributed by atoms with Crippen LogP contribution in [0.2, 0.25) is 0 Å². The topological polar surface area (TPSA) is 60.4 Å². The largest absolute Gasteiger partial charge is 0.468 e. The first-order chi connectivity index (χ1) is 11.8. The Hall–Kier alpha value is -2.89. The van der Waals surface area contributed by atoms with Crippen LogP contribution in [0.15, 0.2) is 48.5 Å². The normalized spacial score (nSPS) is 13.0. The second-order valence-electron chi connectivity index (χ2n) is 5.77. The Labute approximate surface area is 143 Å². The molecule has 0 saturated carbocycles. The predicted molar refractivity (Wildman–Crippen MR) is 86.2 cm³/mol. The molecule has 0 aromatic heterocycles. The van der Waals surface area contributed by atoms with E-state index in [0.29, 0.717) is 0 Å². The summed E-state index contributed by atoms with van der Waals surface area (Å²) in [7, 11) is 1.11. The van der Waals surface area contributed by atoms with Crippen molar-refractivity contribution in [1.29, 1.82) is 0 Å². The number of halogens is 2. The predicted octanol–water partition coefficient (Wildman–Crippen LogP) is 3.60. The Balaban J connectivity index is 2.35. The van der Waals surface area contributed by atoms with Gasteiger partial charge in [-0.15, -0.1) is 0 Å². The highest BCUT2D eigenvalue weighted by Crippen LogP contribution is 2.30. The van der Waals surface area contributed by atoms with Gasteiger partial charge in [0.05, 0.1) is 7.11 Å². The van der Waals surface area contributed by atoms with Gasteiger partial charge < -0.3 is 4.74 Å². The summed E-state index contributed by atoms with van der Waals surface area (Å²) in [6, 6.07) is 9.44. The lowest BCUT2D eigenvalue weighted by Crippen LogP contribution is -2.39. The van der Waals surface area contributed by atoms with Crippen molar-refractivity contribution in [3.8, 4) is 0 Å². The quantitative estimate of drug-likeness (QED) is 0.455. The number of carbonyl (C=O) groups is 3. The number of ether oxygens (including phenoxy) is 1. The monoisotopic (exact) mass is 346 g/mol. The Kier molecular flexibility index (Phi) is 5.41. The first-order valence-electron chi connectivity index (χ1n) is 7.45. The fourth-order valence-electron chi connectivity index (χ4n) is 2.45. The van der Waals surface area contributed by atoms with Crippen LogP contribution in [0.4, 0.5) is 8.78 Å². The van der Waals surface area contributed by atoms with E-state index in [9.17, 15) is 23.2 Å². The fraction of sp³-hybridized carbons (Fsp3) is 0.211. The van der Waals surface area contributed by atoms with E-state index < -0.39 is 41.0 Å². The Morgan fingerprint density at radius 2 is 1.32 bits per heavy atom. The van der Waals surface area contributed by atoms with Crippen LogP contribution in [0.1, 0.15) is 34.1 Å². The molecule has 0 aliphatic carbocycles. The molecular weight excluding hydrogens is 330 g/mol. The van der Waals surface area contributed by atoms with Crippen molar-refractivity contribution < 1.29 is 27.9 Å². The maximum absolute atomic E-state index is 13.0. The molecule has 0 heterocycles. The Morgan fingerprint density at radius 3 is 1.76 bits per heavy atom. The first-order valence-corrected chi connectivity index (χ1v) is 7.45. The average Bonchev–Trinajstić information content (AvgIpc) is 2.61. The van der Waals surface area contributed by atoms with Crippen LogP contribution in [-0.2, 0) is 9.53 Å². The summed E-state index contributed by atoms with van der Waals surface area (Å²) < 4.78 is 30.7. The molecule has 0 aliphatic rings. The number of rotatable bonds is 6. The van der Waals surface area contributed by atoms with Gasteiger partial charge in [0, 0.05) is 17.5 Å². The third-order valence-electron chi connectivity index (χ3n) is 3.92. The van der Waals surface area contributed by atoms with Gasteiger partial charge in [-0.1, -0.05) is 0 Å². The lowest BCUT2D eigenvalue weighted by molar-refractivity contribution is -0.148. The van der Waals surface area contributed by atoms with Crippen molar-refractivity contribution in [1.82, 2.24) is 0 Å². The van der Waals surface area contributed by atoms with Gasteiger partial charge in [-0.2, -0.15) is 0 Å². The van der Waals surface area contributed by atoms with Gasteiger partial charge in [-0.25, -0.2) is 8.78 Å². The number of hydrogen-bond acceptors (Lipinski definition) is 4. The van der Waals surface area contributed by atoms with Crippen LogP contribution < -0.4 is 0 Å². The second kappa shape index (κ2) is 7.34. The highest BCUT2D eigenvalue weighted by molar-refractivity contribution is 6.15. The number of hydrogen-bond donors (Lipinski definition) is 0. The number of methoxy groups -OCH3 is 1. The molecule has 0 amide bonds. The van der Waals surface area contributed by atoms with E-state index in [2.05, 4.69) is 0 Å². The third-order valence-corrected chi connectivity index (χ3v) is 3.92. The van der Waals surface area contributed by atoms with Crippen molar-refractivity contribution >= 4 is 17.5 Å². The zero-order chi connectivity index (χ0) is 18.6. The molecule has 2 rings (SSSR count). The van der Waals surface area contributed by atoms with Crippen molar-refractivity contribution in [2.75, 3.05) is 7.11 Å². The van der Waals surface area contributed by atoms with Gasteiger partial charge in [0.1, 0.15) is 17.0 Å². The molecule has 0 bridgehead atoms. The smallest absolute Gasteiger partial charge is 0.319 e. The van der Waals surface area contributed by atoms with Crippen LogP contribution in [0.3, 0.4) is 0 Å². The average molecular weight is 346 g/mol. The summed E-state index contributed by atoms with van der Waals surface area (Å²) in [5.74, 6) is -3.08. The van der Waals surface area contributed by atoms with Crippen LogP contribution in [0.25, 0.3) is 0 Å². The van der Waals surface area contributed by atoms with E-state index in [1.54, 1.807) is 0 Å². The lowest BCUT2D eigenvalue weighted by atomic mass is 9.77. The maximum atomic E-state index is 13.0. The van der Waals surface area contributed by atoms with E-state index in [1.165, 1.54) is 31.2 Å². The van der Waals surface area contributed by atoms with Crippen LogP contribution in [-0.4, -0.2) is 24.6 Å². The van der Waals surface area contributed by atoms with E-state index in [0.717, 1.165) is 31.4 Å². The SMILES string of the molecule is COC(=O)C(C)(CC(=O)c1ccc(F)cc1)C(=O)c1ccc(F)cc1. The molecule has 0 aliphatic heterocycles. The zero-order valence-electron chi connectivity index (χ0n) is 13.7. The van der Waals surface area contributed by atoms with Crippen LogP contribution in [0.5, 0.6) is 0 Å². The number of esters is 1. The lowest BCUT2D eigenvalue weighted by Gasteiger charge is -2.24. The van der Waals surface area contributed by atoms with Crippen molar-refractivity contribution in [2.45, 2.75) is 13.3 Å². The minimum Gasteiger partial charge on any atom is -0.468 e. The molecule has 130 valence electrons. The van der Waals surface area contributed by atoms with Crippen molar-refractivity contribution in [3.05, 3.63) is 71.3 Å². The minimum absolute atomic E-state index is 0.0845. The molecule has 0 fully saturated rings. The van der Waals surface area contributed by atoms with E-state index in [-0.39, 0.29) is 11.1 Å². The van der Waals surface area contributed by atoms with Gasteiger partial charge in [0.25, 0.3) is 0 Å². The van der Waals surface area contributed by atoms with E-state index in [1.807, 2.05) is 0 Å². The highest BCUT2D eigenvalue weighted by Gasteiger charge is 2.44. The maximum Gasteiger partial charge on any atom is 0.319 e. The summed E-state index contributed by atoms with van der Waals surface area (Å²) in [6.07, 6.45) is -0.457. The van der Waals surface area contributed by atoms with Gasteiger partial charge in [0.15, 0.2) is 11.6 Å². The molecule has 0 N–H and O–H groups in total. The van der Waals surface area contributed by atoms with Crippen molar-refractivity contribution in [2.24, 2.45) is 5.41 Å². The van der Waals surface area contributed by atoms with E-state index >= 15 is 0 Å². The molecule has 0 radical (unpaired) electrons. The molecule has 6 heteroatoms. The molecule has 0 spiro atoms. The standard InChI is InChI=1S/C19H16F2O4/c1-19(18(24)25-2,17(23)13-5-9-15(21)10-6-13)11-16(22)12-3-7-14(20)8-4-12/h3-10H,11H2,1-2H3. The summed E-state index contributed by atoms with van der Waals surface area (Å²) in [4.78, 5) is 37.4. The minimum atomic E-state index is -1.78. The van der Waals surface area contributed by atoms with Crippen LogP contribution in [0, 0.1) is 17.0 Å². The Bertz CT molecular complexity index is 797. The zero-order valence-corrected chi connectivity index (χ0v) is 13.7. The fourth-order valence-corrected chi connectivity index (χ4v) is 2.45. The molecule has 25 heavy (non-hydrogen) atoms. The number of ketones is 2. The third kappa shape index (κ3) is 3.96. The molecule has 2 aromatic rings. The highest BCUT2D eigenvalue weighted by atomic mass is 19.1. The molecular formula is C19H16F2O4. The van der Waals surface area contributed by atoms with E-state index in [4.69, 9.17) is 4.74 Å². The van der Waals surface area contributed by atoms with Crippen LogP contribution >= 0.6 is 0 Å². The summed E-state index contributed by atoms with van der Waals surface area (Å²) in [5, 5.41) is 0. The molecule has 1 unspecified atom stereocenters. The summed E-state index contributed by atoms with van der Waals surface area (Å²) in [5.41, 5.74) is -1.53.